The molecule has 370 valence electrons. The van der Waals surface area contributed by atoms with Crippen molar-refractivity contribution >= 4 is 128 Å². The molecule has 14 nitrogen and oxygen atoms in total. The van der Waals surface area contributed by atoms with Crippen LogP contribution in [0.5, 0.6) is 0 Å². The number of likely N-dealkylation sites (tertiary alicyclic amines) is 2. The number of carbonyl (C=O) groups excluding carboxylic acids is 4. The van der Waals surface area contributed by atoms with Crippen molar-refractivity contribution in [2.75, 3.05) is 47.4 Å². The molecule has 4 amide bonds. The molecule has 0 bridgehead atoms. The van der Waals surface area contributed by atoms with E-state index in [9.17, 15) is 19.2 Å². The van der Waals surface area contributed by atoms with Crippen LogP contribution in [-0.2, 0) is 0 Å². The van der Waals surface area contributed by atoms with Crippen LogP contribution in [0, 0.1) is 10.8 Å². The summed E-state index contributed by atoms with van der Waals surface area (Å²) in [6.07, 6.45) is 8.30. The van der Waals surface area contributed by atoms with Crippen LogP contribution < -0.4 is 21.3 Å². The number of amides is 4. The Morgan fingerprint density at radius 2 is 0.761 bits per heavy atom. The number of halogens is 6. The van der Waals surface area contributed by atoms with Gasteiger partial charge in [-0.15, -0.1) is 0 Å². The number of rotatable bonds is 10. The number of hydrogen-bond acceptors (Lipinski definition) is 8. The summed E-state index contributed by atoms with van der Waals surface area (Å²) in [5.74, 6) is -0.565. The second-order valence-corrected chi connectivity index (χ2v) is 18.3. The molecule has 0 unspecified atom stereocenters. The third-order valence-corrected chi connectivity index (χ3v) is 12.4. The molecule has 2 aliphatic rings. The summed E-state index contributed by atoms with van der Waals surface area (Å²) in [5.41, 5.74) is 2.59. The molecule has 71 heavy (non-hydrogen) atoms. The fourth-order valence-electron chi connectivity index (χ4n) is 7.38. The first-order chi connectivity index (χ1) is 33.1. The van der Waals surface area contributed by atoms with E-state index in [-0.39, 0.29) is 69.1 Å². The Bertz CT molecular complexity index is 2890. The molecule has 0 radical (unpaired) electrons. The van der Waals surface area contributed by atoms with Crippen LogP contribution in [-0.4, -0.2) is 81.2 Å². The number of pyridine rings is 2. The Morgan fingerprint density at radius 1 is 0.423 bits per heavy atom. The van der Waals surface area contributed by atoms with Crippen LogP contribution in [0.4, 0.5) is 23.0 Å². The molecule has 0 spiro atoms. The highest BCUT2D eigenvalue weighted by molar-refractivity contribution is 6.39. The highest BCUT2D eigenvalue weighted by atomic mass is 35.5. The van der Waals surface area contributed by atoms with Crippen LogP contribution >= 0.6 is 69.6 Å². The molecule has 8 rings (SSSR count). The van der Waals surface area contributed by atoms with Gasteiger partial charge >= 0.3 is 0 Å². The molecular formula is C51H50Cl6N10O4. The first kappa shape index (κ1) is 55.7. The molecule has 2 aliphatic heterocycles. The number of nitrogens with one attached hydrogen (secondary N) is 6. The van der Waals surface area contributed by atoms with Crippen LogP contribution in [0.2, 0.25) is 30.1 Å². The minimum atomic E-state index is -0.552. The zero-order chi connectivity index (χ0) is 49.2. The van der Waals surface area contributed by atoms with Crippen molar-refractivity contribution in [1.82, 2.24) is 19.8 Å². The van der Waals surface area contributed by atoms with Crippen LogP contribution in [0.1, 0.15) is 99.5 Å². The van der Waals surface area contributed by atoms with Gasteiger partial charge in [-0.3, -0.25) is 30.0 Å². The van der Waals surface area contributed by atoms with Crippen LogP contribution in [0.25, 0.3) is 0 Å². The van der Waals surface area contributed by atoms with Crippen molar-refractivity contribution in [2.45, 2.75) is 47.0 Å². The third kappa shape index (κ3) is 14.7. The molecule has 0 aliphatic carbocycles. The van der Waals surface area contributed by atoms with Gasteiger partial charge in [-0.05, 0) is 105 Å². The molecule has 6 aromatic rings. The maximum atomic E-state index is 13.0. The minimum absolute atomic E-state index is 0. The molecule has 0 saturated carbocycles. The quantitative estimate of drug-likeness (QED) is 0.0575. The van der Waals surface area contributed by atoms with E-state index in [4.69, 9.17) is 80.4 Å². The average Bonchev–Trinajstić information content (AvgIpc) is 3.90. The standard InChI is InChI=1S/C25H22Cl3N5O2.C24H20Cl3N5O2.2CH4/c26-17-8-9-21(30-14-17)31-25(35)19-12-18(27)13-20(28)22(19)32-24(34)16-6-4-15(5-7-16)23(29)33-10-2-1-3-11-33;25-16-7-8-20(29-13-16)30-24(34)18-11-17(26)12-19(27)21(18)31-23(33)15-5-3-14(4-6-15)22(28)32-9-1-2-10-32;;/h4-9,12-14,29H,1-3,10-11H2,(H,32,34)(H,30,31,35);3-8,11-13,28H,1-2,9-10H2,(H,31,33)(H,29,30,34);2*1H4. The number of anilines is 4. The van der Waals surface area contributed by atoms with Crippen molar-refractivity contribution in [3.63, 3.8) is 0 Å². The van der Waals surface area contributed by atoms with Crippen LogP contribution in [0.3, 0.4) is 0 Å². The lowest BCUT2D eigenvalue weighted by molar-refractivity contribution is 0.101. The van der Waals surface area contributed by atoms with Crippen molar-refractivity contribution in [2.24, 2.45) is 0 Å². The van der Waals surface area contributed by atoms with Crippen molar-refractivity contribution < 1.29 is 19.2 Å². The van der Waals surface area contributed by atoms with E-state index >= 15 is 0 Å². The van der Waals surface area contributed by atoms with Crippen molar-refractivity contribution in [1.29, 1.82) is 10.8 Å². The second kappa shape index (κ2) is 25.7. The van der Waals surface area contributed by atoms with E-state index in [2.05, 4.69) is 31.2 Å². The Kier molecular flexibility index (Phi) is 20.2. The predicted octanol–water partition coefficient (Wildman–Crippen LogP) is 13.6. The van der Waals surface area contributed by atoms with Gasteiger partial charge in [0.1, 0.15) is 23.3 Å². The number of hydrogen-bond donors (Lipinski definition) is 6. The first-order valence-corrected chi connectivity index (χ1v) is 23.7. The fourth-order valence-corrected chi connectivity index (χ4v) is 8.68. The number of benzene rings is 4. The van der Waals surface area contributed by atoms with Gasteiger partial charge in [0.25, 0.3) is 23.6 Å². The van der Waals surface area contributed by atoms with E-state index in [1.807, 2.05) is 9.80 Å². The van der Waals surface area contributed by atoms with Gasteiger partial charge in [-0.25, -0.2) is 9.97 Å². The molecule has 0 atom stereocenters. The molecule has 6 N–H and O–H groups in total. The topological polar surface area (TPSA) is 196 Å². The number of aromatic nitrogens is 2. The van der Waals surface area contributed by atoms with Gasteiger partial charge < -0.3 is 31.1 Å². The van der Waals surface area contributed by atoms with Gasteiger partial charge in [0.05, 0.1) is 42.6 Å². The summed E-state index contributed by atoms with van der Waals surface area (Å²) in [6, 6.07) is 25.5. The summed E-state index contributed by atoms with van der Waals surface area (Å²) in [5, 5.41) is 29.1. The van der Waals surface area contributed by atoms with E-state index in [1.165, 1.54) is 43.1 Å². The summed E-state index contributed by atoms with van der Waals surface area (Å²) in [6.45, 7) is 3.47. The van der Waals surface area contributed by atoms with Gasteiger partial charge in [-0.1, -0.05) is 109 Å². The number of carbonyl (C=O) groups is 4. The number of piperidine rings is 1. The zero-order valence-corrected chi connectivity index (χ0v) is 41.0. The zero-order valence-electron chi connectivity index (χ0n) is 36.4. The molecule has 20 heteroatoms. The van der Waals surface area contributed by atoms with Gasteiger partial charge in [0.2, 0.25) is 0 Å². The van der Waals surface area contributed by atoms with Crippen molar-refractivity contribution in [3.8, 4) is 0 Å². The average molecular weight is 1080 g/mol. The predicted molar refractivity (Wildman–Crippen MR) is 289 cm³/mol. The highest BCUT2D eigenvalue weighted by Crippen LogP contribution is 2.33. The van der Waals surface area contributed by atoms with E-state index in [0.29, 0.717) is 32.8 Å². The molecule has 4 heterocycles. The smallest absolute Gasteiger partial charge is 0.259 e. The van der Waals surface area contributed by atoms with Gasteiger partial charge in [0.15, 0.2) is 0 Å². The van der Waals surface area contributed by atoms with Gasteiger partial charge in [-0.2, -0.15) is 0 Å². The normalized spacial score (nSPS) is 12.8. The summed E-state index contributed by atoms with van der Waals surface area (Å²) < 4.78 is 0. The molecule has 2 aromatic heterocycles. The number of amidine groups is 2. The largest absolute Gasteiger partial charge is 0.357 e. The maximum absolute atomic E-state index is 13.0. The summed E-state index contributed by atoms with van der Waals surface area (Å²) >= 11 is 36.6. The fraction of sp³-hybridized carbons (Fsp3) is 0.216. The van der Waals surface area contributed by atoms with E-state index in [0.717, 1.165) is 63.0 Å². The number of nitrogens with zero attached hydrogens (tertiary/aromatic N) is 4. The molecule has 2 saturated heterocycles. The Hall–Kier alpha value is -6.26. The maximum Gasteiger partial charge on any atom is 0.259 e. The summed E-state index contributed by atoms with van der Waals surface area (Å²) in [4.78, 5) is 63.9. The minimum Gasteiger partial charge on any atom is -0.357 e. The highest BCUT2D eigenvalue weighted by Gasteiger charge is 2.23. The lowest BCUT2D eigenvalue weighted by Crippen LogP contribution is -2.35. The van der Waals surface area contributed by atoms with E-state index < -0.39 is 23.6 Å². The monoisotopic (exact) mass is 1080 g/mol. The third-order valence-electron chi connectivity index (χ3n) is 10.9. The second-order valence-electron chi connectivity index (χ2n) is 15.8. The lowest BCUT2D eigenvalue weighted by atomic mass is 10.1. The molecule has 4 aromatic carbocycles. The lowest BCUT2D eigenvalue weighted by Gasteiger charge is -2.29. The Balaban J connectivity index is 0.000000257. The first-order valence-electron chi connectivity index (χ1n) is 21.5. The van der Waals surface area contributed by atoms with E-state index in [1.54, 1.807) is 72.8 Å². The van der Waals surface area contributed by atoms with Crippen molar-refractivity contribution in [3.05, 3.63) is 173 Å². The Labute approximate surface area is 442 Å². The molecule has 2 fully saturated rings. The summed E-state index contributed by atoms with van der Waals surface area (Å²) in [7, 11) is 0. The SMILES string of the molecule is C.C.N=C(c1ccc(C(=O)Nc2c(Cl)cc(Cl)cc2C(=O)Nc2ccc(Cl)cn2)cc1)N1CCCC1.N=C(c1ccc(C(=O)Nc2c(Cl)cc(Cl)cc2C(=O)Nc2ccc(Cl)cn2)cc1)N1CCCCC1. The van der Waals surface area contributed by atoms with Crippen LogP contribution in [0.15, 0.2) is 109 Å². The molecular weight excluding hydrogens is 1030 g/mol. The van der Waals surface area contributed by atoms with Gasteiger partial charge in [0, 0.05) is 70.9 Å². The Morgan fingerprint density at radius 3 is 1.10 bits per heavy atom.